The van der Waals surface area contributed by atoms with Crippen molar-refractivity contribution in [2.75, 3.05) is 11.9 Å². The Morgan fingerprint density at radius 3 is 2.63 bits per heavy atom. The molecule has 7 heteroatoms. The lowest BCUT2D eigenvalue weighted by atomic mass is 10.1. The molecule has 0 atom stereocenters. The summed E-state index contributed by atoms with van der Waals surface area (Å²) in [4.78, 5) is 17.6. The number of hydrogen-bond acceptors (Lipinski definition) is 4. The second-order valence-corrected chi connectivity index (χ2v) is 8.02. The summed E-state index contributed by atoms with van der Waals surface area (Å²) in [5.41, 5.74) is 2.92. The molecule has 3 aromatic rings. The lowest BCUT2D eigenvalue weighted by Crippen LogP contribution is -2.20. The van der Waals surface area contributed by atoms with E-state index in [9.17, 15) is 4.79 Å². The van der Waals surface area contributed by atoms with Crippen LogP contribution in [-0.4, -0.2) is 17.5 Å². The van der Waals surface area contributed by atoms with Gasteiger partial charge < -0.3 is 4.74 Å². The number of thiazole rings is 1. The van der Waals surface area contributed by atoms with Crippen LogP contribution in [-0.2, 0) is 11.2 Å². The molecule has 1 heterocycles. The minimum atomic E-state index is -0.253. The first-order valence-corrected chi connectivity index (χ1v) is 9.87. The van der Waals surface area contributed by atoms with Crippen LogP contribution >= 0.6 is 34.5 Å². The van der Waals surface area contributed by atoms with Crippen LogP contribution < -0.4 is 10.1 Å². The number of ether oxygens (including phenoxy) is 1. The van der Waals surface area contributed by atoms with Crippen LogP contribution in [0, 0.1) is 13.8 Å². The molecule has 0 fully saturated rings. The second kappa shape index (κ2) is 8.74. The van der Waals surface area contributed by atoms with Crippen molar-refractivity contribution in [3.63, 3.8) is 0 Å². The van der Waals surface area contributed by atoms with Crippen molar-refractivity contribution in [1.29, 1.82) is 0 Å². The number of carbonyl (C=O) groups is 1. The number of benzene rings is 2. The number of anilines is 1. The molecule has 0 saturated carbocycles. The molecular weight excluding hydrogens is 403 g/mol. The van der Waals surface area contributed by atoms with E-state index in [-0.39, 0.29) is 12.5 Å². The monoisotopic (exact) mass is 420 g/mol. The SMILES string of the molecule is Cc1ccc(OCC(=O)Nc2nc(C)c(Cc3cc(Cl)ccc3Cl)s2)cc1. The number of aryl methyl sites for hydroxylation is 2. The molecular formula is C20H18Cl2N2O2S. The molecule has 0 radical (unpaired) electrons. The molecule has 2 aromatic carbocycles. The minimum Gasteiger partial charge on any atom is -0.484 e. The third kappa shape index (κ3) is 5.45. The number of hydrogen-bond donors (Lipinski definition) is 1. The quantitative estimate of drug-likeness (QED) is 0.558. The molecule has 0 unspecified atom stereocenters. The molecule has 1 amide bonds. The highest BCUT2D eigenvalue weighted by Gasteiger charge is 2.13. The Hall–Kier alpha value is -2.08. The standard InChI is InChI=1S/C20H18Cl2N2O2S/c1-12-3-6-16(7-4-12)26-11-19(25)24-20-23-13(2)18(27-20)10-14-9-15(21)5-8-17(14)22/h3-9H,10-11H2,1-2H3,(H,23,24,25). The van der Waals surface area contributed by atoms with Gasteiger partial charge in [0, 0.05) is 21.3 Å². The molecule has 0 spiro atoms. The van der Waals surface area contributed by atoms with Crippen LogP contribution in [0.25, 0.3) is 0 Å². The number of rotatable bonds is 6. The van der Waals surface area contributed by atoms with Gasteiger partial charge in [-0.3, -0.25) is 10.1 Å². The Balaban J connectivity index is 1.61. The predicted octanol–water partition coefficient (Wildman–Crippen LogP) is 5.68. The summed E-state index contributed by atoms with van der Waals surface area (Å²) in [6.45, 7) is 3.83. The number of amides is 1. The fourth-order valence-corrected chi connectivity index (χ4v) is 3.82. The summed E-state index contributed by atoms with van der Waals surface area (Å²) in [6, 6.07) is 12.9. The Bertz CT molecular complexity index is 955. The molecule has 0 aliphatic rings. The minimum absolute atomic E-state index is 0.0723. The average Bonchev–Trinajstić information content (AvgIpc) is 2.96. The van der Waals surface area contributed by atoms with Crippen LogP contribution in [0.2, 0.25) is 10.0 Å². The normalized spacial score (nSPS) is 10.7. The zero-order chi connectivity index (χ0) is 19.4. The van der Waals surface area contributed by atoms with Gasteiger partial charge in [0.15, 0.2) is 11.7 Å². The van der Waals surface area contributed by atoms with E-state index in [4.69, 9.17) is 27.9 Å². The Morgan fingerprint density at radius 1 is 1.15 bits per heavy atom. The Morgan fingerprint density at radius 2 is 1.89 bits per heavy atom. The first kappa shape index (κ1) is 19.7. The van der Waals surface area contributed by atoms with E-state index in [1.807, 2.05) is 44.2 Å². The predicted molar refractivity (Wildman–Crippen MR) is 111 cm³/mol. The number of carbonyl (C=O) groups excluding carboxylic acids is 1. The van der Waals surface area contributed by atoms with Gasteiger partial charge in [-0.1, -0.05) is 40.9 Å². The van der Waals surface area contributed by atoms with Crippen molar-refractivity contribution >= 4 is 45.6 Å². The lowest BCUT2D eigenvalue weighted by Gasteiger charge is -2.06. The molecule has 1 N–H and O–H groups in total. The summed E-state index contributed by atoms with van der Waals surface area (Å²) in [5, 5.41) is 4.62. The van der Waals surface area contributed by atoms with Gasteiger partial charge in [-0.15, -0.1) is 11.3 Å². The topological polar surface area (TPSA) is 51.2 Å². The summed E-state index contributed by atoms with van der Waals surface area (Å²) >= 11 is 13.7. The van der Waals surface area contributed by atoms with Gasteiger partial charge >= 0.3 is 0 Å². The number of nitrogens with one attached hydrogen (secondary N) is 1. The maximum Gasteiger partial charge on any atom is 0.264 e. The van der Waals surface area contributed by atoms with E-state index in [1.54, 1.807) is 12.1 Å². The van der Waals surface area contributed by atoms with E-state index in [2.05, 4.69) is 10.3 Å². The summed E-state index contributed by atoms with van der Waals surface area (Å²) in [6.07, 6.45) is 0.610. The third-order valence-electron chi connectivity index (χ3n) is 3.89. The molecule has 3 rings (SSSR count). The van der Waals surface area contributed by atoms with E-state index in [1.165, 1.54) is 11.3 Å². The van der Waals surface area contributed by atoms with Crippen molar-refractivity contribution < 1.29 is 9.53 Å². The van der Waals surface area contributed by atoms with Gasteiger partial charge in [0.1, 0.15) is 5.75 Å². The highest BCUT2D eigenvalue weighted by Crippen LogP contribution is 2.29. The molecule has 0 aliphatic carbocycles. The zero-order valence-electron chi connectivity index (χ0n) is 14.9. The van der Waals surface area contributed by atoms with Crippen LogP contribution in [0.15, 0.2) is 42.5 Å². The molecule has 27 heavy (non-hydrogen) atoms. The third-order valence-corrected chi connectivity index (χ3v) is 5.57. The van der Waals surface area contributed by atoms with Gasteiger partial charge in [-0.2, -0.15) is 0 Å². The lowest BCUT2D eigenvalue weighted by molar-refractivity contribution is -0.118. The number of nitrogens with zero attached hydrogens (tertiary/aromatic N) is 1. The van der Waals surface area contributed by atoms with Gasteiger partial charge in [-0.05, 0) is 49.7 Å². The first-order chi connectivity index (χ1) is 12.9. The van der Waals surface area contributed by atoms with Gasteiger partial charge in [0.2, 0.25) is 0 Å². The van der Waals surface area contributed by atoms with Crippen LogP contribution in [0.1, 0.15) is 21.7 Å². The van der Waals surface area contributed by atoms with E-state index < -0.39 is 0 Å². The smallest absolute Gasteiger partial charge is 0.264 e. The number of halogens is 2. The van der Waals surface area contributed by atoms with Gasteiger partial charge in [-0.25, -0.2) is 4.98 Å². The summed E-state index contributed by atoms with van der Waals surface area (Å²) < 4.78 is 5.49. The Labute approximate surface area is 172 Å². The largest absolute Gasteiger partial charge is 0.484 e. The fourth-order valence-electron chi connectivity index (χ4n) is 2.44. The molecule has 0 bridgehead atoms. The maximum absolute atomic E-state index is 12.1. The van der Waals surface area contributed by atoms with Crippen molar-refractivity contribution in [2.24, 2.45) is 0 Å². The highest BCUT2D eigenvalue weighted by molar-refractivity contribution is 7.15. The van der Waals surface area contributed by atoms with E-state index >= 15 is 0 Å². The number of aromatic nitrogens is 1. The molecule has 0 aliphatic heterocycles. The first-order valence-electron chi connectivity index (χ1n) is 8.30. The second-order valence-electron chi connectivity index (χ2n) is 6.09. The molecule has 4 nitrogen and oxygen atoms in total. The fraction of sp³-hybridized carbons (Fsp3) is 0.200. The van der Waals surface area contributed by atoms with Crippen LogP contribution in [0.4, 0.5) is 5.13 Å². The highest BCUT2D eigenvalue weighted by atomic mass is 35.5. The van der Waals surface area contributed by atoms with Crippen molar-refractivity contribution in [1.82, 2.24) is 4.98 Å². The van der Waals surface area contributed by atoms with E-state index in [0.717, 1.165) is 21.7 Å². The van der Waals surface area contributed by atoms with Crippen molar-refractivity contribution in [3.05, 3.63) is 74.2 Å². The average molecular weight is 421 g/mol. The summed E-state index contributed by atoms with van der Waals surface area (Å²) in [7, 11) is 0. The Kier molecular flexibility index (Phi) is 6.37. The summed E-state index contributed by atoms with van der Waals surface area (Å²) in [5.74, 6) is 0.402. The zero-order valence-corrected chi connectivity index (χ0v) is 17.2. The molecule has 0 saturated heterocycles. The van der Waals surface area contributed by atoms with E-state index in [0.29, 0.717) is 27.3 Å². The van der Waals surface area contributed by atoms with Gasteiger partial charge in [0.25, 0.3) is 5.91 Å². The van der Waals surface area contributed by atoms with Gasteiger partial charge in [0.05, 0.1) is 5.69 Å². The molecule has 140 valence electrons. The van der Waals surface area contributed by atoms with Crippen molar-refractivity contribution in [3.8, 4) is 5.75 Å². The van der Waals surface area contributed by atoms with Crippen LogP contribution in [0.3, 0.4) is 0 Å². The molecule has 1 aromatic heterocycles. The van der Waals surface area contributed by atoms with Crippen LogP contribution in [0.5, 0.6) is 5.75 Å². The van der Waals surface area contributed by atoms with Crippen molar-refractivity contribution in [2.45, 2.75) is 20.3 Å². The maximum atomic E-state index is 12.1.